The summed E-state index contributed by atoms with van der Waals surface area (Å²) in [4.78, 5) is 24.9. The number of anilines is 1. The number of phenols is 1. The van der Waals surface area contributed by atoms with Crippen molar-refractivity contribution in [2.75, 3.05) is 5.32 Å². The van der Waals surface area contributed by atoms with Crippen LogP contribution in [0, 0.1) is 11.3 Å². The van der Waals surface area contributed by atoms with Gasteiger partial charge < -0.3 is 15.2 Å². The van der Waals surface area contributed by atoms with Crippen molar-refractivity contribution >= 4 is 28.9 Å². The van der Waals surface area contributed by atoms with Crippen LogP contribution < -0.4 is 5.32 Å². The van der Waals surface area contributed by atoms with Crippen LogP contribution in [-0.4, -0.2) is 23.1 Å². The maximum atomic E-state index is 12.6. The Morgan fingerprint density at radius 3 is 2.35 bits per heavy atom. The van der Waals surface area contributed by atoms with Crippen LogP contribution in [0.15, 0.2) is 83.0 Å². The third kappa shape index (κ3) is 5.74. The van der Waals surface area contributed by atoms with Gasteiger partial charge in [0.05, 0.1) is 22.9 Å². The highest BCUT2D eigenvalue weighted by Crippen LogP contribution is 2.24. The predicted molar refractivity (Wildman–Crippen MR) is 113 cm³/mol. The number of benzene rings is 3. The number of hydrogen-bond acceptors (Lipinski definition) is 7. The molecule has 8 nitrogen and oxygen atoms in total. The molecule has 1 atom stereocenters. The van der Waals surface area contributed by atoms with Crippen LogP contribution in [0.5, 0.6) is 5.75 Å². The van der Waals surface area contributed by atoms with Gasteiger partial charge >= 0.3 is 5.97 Å². The van der Waals surface area contributed by atoms with Crippen molar-refractivity contribution in [1.29, 1.82) is 5.26 Å². The molecule has 0 saturated heterocycles. The molecule has 31 heavy (non-hydrogen) atoms. The molecule has 154 valence electrons. The van der Waals surface area contributed by atoms with Gasteiger partial charge in [-0.1, -0.05) is 12.1 Å². The first-order chi connectivity index (χ1) is 15.0. The number of carbonyl (C=O) groups excluding carboxylic acids is 2. The van der Waals surface area contributed by atoms with Gasteiger partial charge in [-0.15, -0.1) is 5.11 Å². The fraction of sp³-hybridized carbons (Fsp3) is 0.0870. The Balaban J connectivity index is 1.67. The average molecular weight is 414 g/mol. The van der Waals surface area contributed by atoms with Crippen molar-refractivity contribution in [1.82, 2.24) is 0 Å². The third-order valence-corrected chi connectivity index (χ3v) is 4.18. The monoisotopic (exact) mass is 414 g/mol. The lowest BCUT2D eigenvalue weighted by atomic mass is 10.2. The first kappa shape index (κ1) is 21.2. The fourth-order valence-electron chi connectivity index (χ4n) is 2.51. The molecule has 3 rings (SSSR count). The van der Waals surface area contributed by atoms with E-state index in [0.29, 0.717) is 16.9 Å². The SMILES string of the molecule is C[C@H](OC(=O)c1ccccc1N=Nc1ccc(O)cc1)C(=O)Nc1ccc(C#N)cc1. The maximum absolute atomic E-state index is 12.6. The van der Waals surface area contributed by atoms with Crippen LogP contribution in [-0.2, 0) is 9.53 Å². The van der Waals surface area contributed by atoms with Crippen molar-refractivity contribution in [3.05, 3.63) is 83.9 Å². The van der Waals surface area contributed by atoms with Gasteiger partial charge in [-0.25, -0.2) is 4.79 Å². The summed E-state index contributed by atoms with van der Waals surface area (Å²) < 4.78 is 5.29. The van der Waals surface area contributed by atoms with Crippen molar-refractivity contribution < 1.29 is 19.4 Å². The molecule has 0 radical (unpaired) electrons. The van der Waals surface area contributed by atoms with Crippen molar-refractivity contribution in [3.63, 3.8) is 0 Å². The second-order valence-corrected chi connectivity index (χ2v) is 6.46. The van der Waals surface area contributed by atoms with E-state index in [-0.39, 0.29) is 17.0 Å². The molecule has 0 aliphatic carbocycles. The van der Waals surface area contributed by atoms with Gasteiger partial charge in [0.15, 0.2) is 6.10 Å². The molecule has 8 heteroatoms. The van der Waals surface area contributed by atoms with Crippen molar-refractivity contribution in [3.8, 4) is 11.8 Å². The van der Waals surface area contributed by atoms with E-state index in [9.17, 15) is 14.7 Å². The number of rotatable bonds is 6. The summed E-state index contributed by atoms with van der Waals surface area (Å²) in [7, 11) is 0. The Labute approximate surface area is 178 Å². The Hall–Kier alpha value is -4.51. The zero-order valence-electron chi connectivity index (χ0n) is 16.5. The van der Waals surface area contributed by atoms with E-state index in [1.165, 1.54) is 25.1 Å². The molecule has 0 saturated carbocycles. The van der Waals surface area contributed by atoms with Gasteiger partial charge in [0.1, 0.15) is 11.4 Å². The van der Waals surface area contributed by atoms with Gasteiger partial charge in [-0.05, 0) is 67.6 Å². The third-order valence-electron chi connectivity index (χ3n) is 4.18. The Morgan fingerprint density at radius 1 is 1.00 bits per heavy atom. The van der Waals surface area contributed by atoms with Crippen LogP contribution in [0.3, 0.4) is 0 Å². The normalized spacial score (nSPS) is 11.5. The number of nitrogens with one attached hydrogen (secondary N) is 1. The van der Waals surface area contributed by atoms with Crippen LogP contribution in [0.1, 0.15) is 22.8 Å². The van der Waals surface area contributed by atoms with Crippen molar-refractivity contribution in [2.45, 2.75) is 13.0 Å². The van der Waals surface area contributed by atoms with E-state index in [0.717, 1.165) is 0 Å². The molecular formula is C23H18N4O4. The molecule has 0 aromatic heterocycles. The van der Waals surface area contributed by atoms with E-state index in [4.69, 9.17) is 10.00 Å². The highest BCUT2D eigenvalue weighted by atomic mass is 16.5. The molecule has 0 bridgehead atoms. The van der Waals surface area contributed by atoms with E-state index < -0.39 is 18.0 Å². The number of amides is 1. The van der Waals surface area contributed by atoms with Crippen LogP contribution in [0.2, 0.25) is 0 Å². The molecule has 3 aromatic carbocycles. The average Bonchev–Trinajstić information content (AvgIpc) is 2.79. The number of esters is 1. The minimum Gasteiger partial charge on any atom is -0.508 e. The van der Waals surface area contributed by atoms with Gasteiger partial charge in [0.2, 0.25) is 0 Å². The van der Waals surface area contributed by atoms with E-state index >= 15 is 0 Å². The van der Waals surface area contributed by atoms with E-state index in [1.807, 2.05) is 6.07 Å². The molecule has 0 fully saturated rings. The first-order valence-electron chi connectivity index (χ1n) is 9.28. The summed E-state index contributed by atoms with van der Waals surface area (Å²) in [5.41, 5.74) is 1.88. The predicted octanol–water partition coefficient (Wildman–Crippen LogP) is 4.86. The number of nitrogens with zero attached hydrogens (tertiary/aromatic N) is 3. The molecule has 1 amide bonds. The second kappa shape index (κ2) is 9.80. The van der Waals surface area contributed by atoms with Gasteiger partial charge in [0.25, 0.3) is 5.91 Å². The summed E-state index contributed by atoms with van der Waals surface area (Å²) in [5, 5.41) is 28.9. The number of ether oxygens (including phenoxy) is 1. The highest BCUT2D eigenvalue weighted by molar-refractivity contribution is 5.99. The van der Waals surface area contributed by atoms with E-state index in [1.54, 1.807) is 54.6 Å². The second-order valence-electron chi connectivity index (χ2n) is 6.46. The minimum absolute atomic E-state index is 0.108. The minimum atomic E-state index is -1.06. The first-order valence-corrected chi connectivity index (χ1v) is 9.28. The summed E-state index contributed by atoms with van der Waals surface area (Å²) in [6.07, 6.45) is -1.06. The molecule has 3 aromatic rings. The van der Waals surface area contributed by atoms with Crippen LogP contribution in [0.25, 0.3) is 0 Å². The van der Waals surface area contributed by atoms with Crippen LogP contribution in [0.4, 0.5) is 17.1 Å². The largest absolute Gasteiger partial charge is 0.508 e. The number of nitriles is 1. The van der Waals surface area contributed by atoms with Crippen molar-refractivity contribution in [2.24, 2.45) is 10.2 Å². The molecule has 0 unspecified atom stereocenters. The summed E-state index contributed by atoms with van der Waals surface area (Å²) in [6.45, 7) is 1.46. The number of carbonyl (C=O) groups is 2. The van der Waals surface area contributed by atoms with Gasteiger partial charge in [-0.3, -0.25) is 4.79 Å². The maximum Gasteiger partial charge on any atom is 0.341 e. The number of hydrogen-bond donors (Lipinski definition) is 2. The zero-order chi connectivity index (χ0) is 22.2. The summed E-state index contributed by atoms with van der Waals surface area (Å²) in [5.74, 6) is -1.12. The Morgan fingerprint density at radius 2 is 1.68 bits per heavy atom. The number of phenolic OH excluding ortho intramolecular Hbond substituents is 1. The lowest BCUT2D eigenvalue weighted by molar-refractivity contribution is -0.123. The smallest absolute Gasteiger partial charge is 0.341 e. The molecule has 2 N–H and O–H groups in total. The number of azo groups is 1. The van der Waals surface area contributed by atoms with Crippen LogP contribution >= 0.6 is 0 Å². The Bertz CT molecular complexity index is 1150. The molecule has 0 heterocycles. The molecule has 0 aliphatic heterocycles. The lowest BCUT2D eigenvalue weighted by Gasteiger charge is -2.14. The van der Waals surface area contributed by atoms with E-state index in [2.05, 4.69) is 15.5 Å². The summed E-state index contributed by atoms with van der Waals surface area (Å²) >= 11 is 0. The highest BCUT2D eigenvalue weighted by Gasteiger charge is 2.21. The standard InChI is InChI=1S/C23H18N4O4/c1-15(22(29)25-17-8-6-16(14-24)7-9-17)31-23(30)20-4-2-3-5-21(20)27-26-18-10-12-19(28)13-11-18/h2-13,15,28H,1H3,(H,25,29)/t15-/m0/s1. The van der Waals surface area contributed by atoms with Gasteiger partial charge in [-0.2, -0.15) is 10.4 Å². The number of aromatic hydroxyl groups is 1. The summed E-state index contributed by atoms with van der Waals surface area (Å²) in [6, 6.07) is 20.9. The zero-order valence-corrected chi connectivity index (χ0v) is 16.5. The topological polar surface area (TPSA) is 124 Å². The van der Waals surface area contributed by atoms with Gasteiger partial charge in [0, 0.05) is 5.69 Å². The quantitative estimate of drug-likeness (QED) is 0.440. The fourth-order valence-corrected chi connectivity index (χ4v) is 2.51. The Kier molecular flexibility index (Phi) is 6.71. The molecule has 0 spiro atoms. The molecular weight excluding hydrogens is 396 g/mol. The lowest BCUT2D eigenvalue weighted by Crippen LogP contribution is -2.30. The molecule has 0 aliphatic rings.